The van der Waals surface area contributed by atoms with E-state index >= 15 is 0 Å². The van der Waals surface area contributed by atoms with Gasteiger partial charge in [-0.25, -0.2) is 0 Å². The van der Waals surface area contributed by atoms with Gasteiger partial charge in [-0.05, 0) is 24.6 Å². The molecule has 0 aliphatic carbocycles. The minimum absolute atomic E-state index is 0.203. The van der Waals surface area contributed by atoms with Crippen LogP contribution in [0.25, 0.3) is 22.4 Å². The number of halogens is 1. The Labute approximate surface area is 121 Å². The summed E-state index contributed by atoms with van der Waals surface area (Å²) in [5.74, 6) is 1.03. The van der Waals surface area contributed by atoms with Crippen LogP contribution in [0.4, 0.5) is 0 Å². The monoisotopic (exact) mass is 287 g/mol. The summed E-state index contributed by atoms with van der Waals surface area (Å²) in [7, 11) is 0. The fourth-order valence-corrected chi connectivity index (χ4v) is 2.45. The Morgan fingerprint density at radius 2 is 2.15 bits per heavy atom. The number of fused-ring (bicyclic) bond motifs is 1. The molecule has 5 heteroatoms. The summed E-state index contributed by atoms with van der Waals surface area (Å²) in [6.45, 7) is 2.08. The van der Waals surface area contributed by atoms with E-state index in [1.807, 2.05) is 30.3 Å². The van der Waals surface area contributed by atoms with Crippen LogP contribution in [0.2, 0.25) is 0 Å². The largest absolute Gasteiger partial charge is 0.334 e. The maximum atomic E-state index is 6.23. The number of alkyl halides is 1. The standard InChI is InChI=1S/C15H14ClN3O/c1-2-5-12(16)14-18-15(20-19-14)11-6-3-8-13-10(11)7-4-9-17-13/h3-4,6-9,12H,2,5H2,1H3. The van der Waals surface area contributed by atoms with Gasteiger partial charge in [0.15, 0.2) is 5.82 Å². The van der Waals surface area contributed by atoms with Crippen LogP contribution in [0, 0.1) is 0 Å². The molecule has 0 aliphatic rings. The van der Waals surface area contributed by atoms with Gasteiger partial charge in [0.2, 0.25) is 0 Å². The Hall–Kier alpha value is -1.94. The summed E-state index contributed by atoms with van der Waals surface area (Å²) in [5.41, 5.74) is 1.79. The van der Waals surface area contributed by atoms with Crippen LogP contribution in [-0.4, -0.2) is 15.1 Å². The average molecular weight is 288 g/mol. The molecule has 0 aliphatic heterocycles. The van der Waals surface area contributed by atoms with Crippen molar-refractivity contribution in [3.63, 3.8) is 0 Å². The minimum Gasteiger partial charge on any atom is -0.334 e. The molecule has 20 heavy (non-hydrogen) atoms. The van der Waals surface area contributed by atoms with Crippen molar-refractivity contribution >= 4 is 22.5 Å². The summed E-state index contributed by atoms with van der Waals surface area (Å²) >= 11 is 6.23. The van der Waals surface area contributed by atoms with Gasteiger partial charge < -0.3 is 4.52 Å². The fraction of sp³-hybridized carbons (Fsp3) is 0.267. The van der Waals surface area contributed by atoms with Gasteiger partial charge in [-0.2, -0.15) is 4.98 Å². The summed E-state index contributed by atoms with van der Waals surface area (Å²) in [6, 6.07) is 9.72. The van der Waals surface area contributed by atoms with E-state index in [1.165, 1.54) is 0 Å². The lowest BCUT2D eigenvalue weighted by atomic mass is 10.1. The molecule has 0 radical (unpaired) electrons. The lowest BCUT2D eigenvalue weighted by Crippen LogP contribution is -1.92. The van der Waals surface area contributed by atoms with Crippen molar-refractivity contribution in [3.05, 3.63) is 42.4 Å². The first-order valence-electron chi connectivity index (χ1n) is 6.61. The van der Waals surface area contributed by atoms with Crippen LogP contribution in [-0.2, 0) is 0 Å². The molecule has 0 fully saturated rings. The van der Waals surface area contributed by atoms with Crippen LogP contribution in [0.5, 0.6) is 0 Å². The molecule has 1 atom stereocenters. The highest BCUT2D eigenvalue weighted by Gasteiger charge is 2.17. The third-order valence-electron chi connectivity index (χ3n) is 3.14. The van der Waals surface area contributed by atoms with E-state index in [9.17, 15) is 0 Å². The first-order valence-corrected chi connectivity index (χ1v) is 7.05. The van der Waals surface area contributed by atoms with Gasteiger partial charge in [0, 0.05) is 17.1 Å². The first kappa shape index (κ1) is 13.1. The molecule has 4 nitrogen and oxygen atoms in total. The number of hydrogen-bond acceptors (Lipinski definition) is 4. The zero-order chi connectivity index (χ0) is 13.9. The van der Waals surface area contributed by atoms with E-state index in [4.69, 9.17) is 16.1 Å². The van der Waals surface area contributed by atoms with Crippen LogP contribution in [0.3, 0.4) is 0 Å². The molecule has 0 amide bonds. The Kier molecular flexibility index (Phi) is 3.65. The van der Waals surface area contributed by atoms with Crippen LogP contribution >= 0.6 is 11.6 Å². The van der Waals surface area contributed by atoms with Crippen molar-refractivity contribution in [3.8, 4) is 11.5 Å². The van der Waals surface area contributed by atoms with Crippen LogP contribution in [0.1, 0.15) is 31.0 Å². The Bertz CT molecular complexity index is 720. The van der Waals surface area contributed by atoms with E-state index in [-0.39, 0.29) is 5.38 Å². The second kappa shape index (κ2) is 5.59. The van der Waals surface area contributed by atoms with Gasteiger partial charge in [-0.3, -0.25) is 4.98 Å². The van der Waals surface area contributed by atoms with Gasteiger partial charge in [0.05, 0.1) is 10.9 Å². The summed E-state index contributed by atoms with van der Waals surface area (Å²) in [6.07, 6.45) is 3.58. The predicted octanol–water partition coefficient (Wildman–Crippen LogP) is 4.36. The Balaban J connectivity index is 2.03. The number of hydrogen-bond donors (Lipinski definition) is 0. The third-order valence-corrected chi connectivity index (χ3v) is 3.55. The van der Waals surface area contributed by atoms with Crippen molar-refractivity contribution < 1.29 is 4.52 Å². The second-order valence-corrected chi connectivity index (χ2v) is 5.12. The number of nitrogens with zero attached hydrogens (tertiary/aromatic N) is 3. The maximum absolute atomic E-state index is 6.23. The lowest BCUT2D eigenvalue weighted by molar-refractivity contribution is 0.421. The number of benzene rings is 1. The summed E-state index contributed by atoms with van der Waals surface area (Å²) in [5, 5.41) is 4.77. The fourth-order valence-electron chi connectivity index (χ4n) is 2.14. The average Bonchev–Trinajstić information content (AvgIpc) is 2.97. The van der Waals surface area contributed by atoms with Crippen molar-refractivity contribution in [2.75, 3.05) is 0 Å². The Morgan fingerprint density at radius 3 is 3.00 bits per heavy atom. The van der Waals surface area contributed by atoms with Crippen LogP contribution < -0.4 is 0 Å². The molecule has 0 bridgehead atoms. The van der Waals surface area contributed by atoms with Gasteiger partial charge in [0.25, 0.3) is 5.89 Å². The minimum atomic E-state index is -0.203. The molecule has 1 aromatic carbocycles. The smallest absolute Gasteiger partial charge is 0.258 e. The molecule has 0 spiro atoms. The molecule has 0 N–H and O–H groups in total. The van der Waals surface area contributed by atoms with E-state index in [0.29, 0.717) is 11.7 Å². The van der Waals surface area contributed by atoms with E-state index in [2.05, 4.69) is 22.0 Å². The third kappa shape index (κ3) is 2.39. The van der Waals surface area contributed by atoms with E-state index < -0.39 is 0 Å². The Morgan fingerprint density at radius 1 is 1.25 bits per heavy atom. The number of pyridine rings is 1. The SMILES string of the molecule is CCCC(Cl)c1noc(-c2cccc3ncccc23)n1. The van der Waals surface area contributed by atoms with Crippen molar-refractivity contribution in [1.29, 1.82) is 0 Å². The highest BCUT2D eigenvalue weighted by molar-refractivity contribution is 6.20. The topological polar surface area (TPSA) is 51.8 Å². The summed E-state index contributed by atoms with van der Waals surface area (Å²) in [4.78, 5) is 8.73. The van der Waals surface area contributed by atoms with Crippen molar-refractivity contribution in [1.82, 2.24) is 15.1 Å². The molecule has 3 rings (SSSR count). The quantitative estimate of drug-likeness (QED) is 0.669. The van der Waals surface area contributed by atoms with E-state index in [1.54, 1.807) is 6.20 Å². The molecular formula is C15H14ClN3O. The number of rotatable bonds is 4. The molecule has 1 unspecified atom stereocenters. The zero-order valence-electron chi connectivity index (χ0n) is 11.1. The highest BCUT2D eigenvalue weighted by Crippen LogP contribution is 2.29. The second-order valence-electron chi connectivity index (χ2n) is 4.59. The van der Waals surface area contributed by atoms with E-state index in [0.717, 1.165) is 29.3 Å². The number of aromatic nitrogens is 3. The lowest BCUT2D eigenvalue weighted by Gasteiger charge is -2.01. The predicted molar refractivity (Wildman–Crippen MR) is 78.5 cm³/mol. The maximum Gasteiger partial charge on any atom is 0.258 e. The van der Waals surface area contributed by atoms with Crippen LogP contribution in [0.15, 0.2) is 41.1 Å². The van der Waals surface area contributed by atoms with Crippen molar-refractivity contribution in [2.24, 2.45) is 0 Å². The van der Waals surface area contributed by atoms with Gasteiger partial charge in [-0.15, -0.1) is 11.6 Å². The molecular weight excluding hydrogens is 274 g/mol. The molecule has 2 heterocycles. The molecule has 0 saturated heterocycles. The first-order chi connectivity index (χ1) is 9.79. The highest BCUT2D eigenvalue weighted by atomic mass is 35.5. The van der Waals surface area contributed by atoms with Crippen molar-refractivity contribution in [2.45, 2.75) is 25.1 Å². The molecule has 0 saturated carbocycles. The molecule has 3 aromatic rings. The molecule has 2 aromatic heterocycles. The van der Waals surface area contributed by atoms with Gasteiger partial charge >= 0.3 is 0 Å². The molecule has 102 valence electrons. The summed E-state index contributed by atoms with van der Waals surface area (Å²) < 4.78 is 5.35. The van der Waals surface area contributed by atoms with Gasteiger partial charge in [-0.1, -0.05) is 30.6 Å². The van der Waals surface area contributed by atoms with Gasteiger partial charge in [0.1, 0.15) is 0 Å². The zero-order valence-corrected chi connectivity index (χ0v) is 11.8. The normalized spacial score (nSPS) is 12.7.